The zero-order valence-corrected chi connectivity index (χ0v) is 23.8. The average molecular weight is 592 g/mol. The van der Waals surface area contributed by atoms with Crippen LogP contribution >= 0.6 is 35.0 Å². The molecule has 40 heavy (non-hydrogen) atoms. The van der Waals surface area contributed by atoms with Crippen molar-refractivity contribution < 1.29 is 9.18 Å². The van der Waals surface area contributed by atoms with Crippen molar-refractivity contribution in [1.82, 2.24) is 20.1 Å². The second-order valence-electron chi connectivity index (χ2n) is 9.27. The number of hydrogen-bond donors (Lipinski definition) is 1. The monoisotopic (exact) mass is 590 g/mol. The highest BCUT2D eigenvalue weighted by Crippen LogP contribution is 2.30. The lowest BCUT2D eigenvalue weighted by atomic mass is 10.0. The summed E-state index contributed by atoms with van der Waals surface area (Å²) in [6.45, 7) is 2.02. The van der Waals surface area contributed by atoms with Gasteiger partial charge in [-0.25, -0.2) is 4.39 Å². The standard InChI is InChI=1S/C31H25Cl2FN4OS/c1-20-7-14-25(15-8-20)38-29(36-37-31(38)40-19-22-9-12-24(34)13-10-22)28(17-21-5-3-2-4-6-21)35-30(39)26-16-11-23(32)18-27(26)33/h2-16,18,28H,17,19H2,1H3,(H,35,39). The average Bonchev–Trinajstić information content (AvgIpc) is 3.37. The van der Waals surface area contributed by atoms with E-state index in [-0.39, 0.29) is 16.7 Å². The van der Waals surface area contributed by atoms with Crippen molar-refractivity contribution in [2.24, 2.45) is 0 Å². The van der Waals surface area contributed by atoms with Crippen LogP contribution in [0.5, 0.6) is 0 Å². The zero-order valence-electron chi connectivity index (χ0n) is 21.5. The van der Waals surface area contributed by atoms with Crippen LogP contribution in [-0.2, 0) is 12.2 Å². The van der Waals surface area contributed by atoms with Crippen molar-refractivity contribution in [2.45, 2.75) is 30.3 Å². The number of nitrogens with zero attached hydrogens (tertiary/aromatic N) is 3. The molecule has 0 aliphatic heterocycles. The number of carbonyl (C=O) groups excluding carboxylic acids is 1. The van der Waals surface area contributed by atoms with Crippen molar-refractivity contribution in [3.63, 3.8) is 0 Å². The smallest absolute Gasteiger partial charge is 0.253 e. The van der Waals surface area contributed by atoms with Gasteiger partial charge in [-0.2, -0.15) is 0 Å². The first-order valence-electron chi connectivity index (χ1n) is 12.6. The Labute approximate surface area is 246 Å². The van der Waals surface area contributed by atoms with Crippen molar-refractivity contribution in [3.8, 4) is 5.69 Å². The third-order valence-electron chi connectivity index (χ3n) is 6.31. The van der Waals surface area contributed by atoms with Gasteiger partial charge in [-0.3, -0.25) is 9.36 Å². The second-order valence-corrected chi connectivity index (χ2v) is 11.1. The van der Waals surface area contributed by atoms with E-state index in [2.05, 4.69) is 15.5 Å². The van der Waals surface area contributed by atoms with Crippen LogP contribution in [0.3, 0.4) is 0 Å². The minimum absolute atomic E-state index is 0.263. The van der Waals surface area contributed by atoms with Gasteiger partial charge < -0.3 is 5.32 Å². The first kappa shape index (κ1) is 27.9. The lowest BCUT2D eigenvalue weighted by Gasteiger charge is -2.21. The number of thioether (sulfide) groups is 1. The molecule has 0 bridgehead atoms. The Kier molecular flexibility index (Phi) is 8.85. The molecular formula is C31H25Cl2FN4OS. The van der Waals surface area contributed by atoms with Gasteiger partial charge in [0, 0.05) is 16.5 Å². The van der Waals surface area contributed by atoms with Crippen molar-refractivity contribution in [1.29, 1.82) is 0 Å². The molecule has 5 rings (SSSR count). The Morgan fingerprint density at radius 1 is 0.925 bits per heavy atom. The number of benzene rings is 4. The van der Waals surface area contributed by atoms with E-state index < -0.39 is 6.04 Å². The quantitative estimate of drug-likeness (QED) is 0.176. The fourth-order valence-corrected chi connectivity index (χ4v) is 5.64. The fraction of sp³-hybridized carbons (Fsp3) is 0.129. The summed E-state index contributed by atoms with van der Waals surface area (Å²) in [4.78, 5) is 13.5. The number of carbonyl (C=O) groups is 1. The third-order valence-corrected chi connectivity index (χ3v) is 7.86. The van der Waals surface area contributed by atoms with Gasteiger partial charge in [-0.1, -0.05) is 95.1 Å². The predicted molar refractivity (Wildman–Crippen MR) is 159 cm³/mol. The van der Waals surface area contributed by atoms with E-state index in [0.29, 0.717) is 33.7 Å². The van der Waals surface area contributed by atoms with Gasteiger partial charge in [0.25, 0.3) is 5.91 Å². The molecule has 4 aromatic carbocycles. The van der Waals surface area contributed by atoms with E-state index in [1.54, 1.807) is 30.3 Å². The van der Waals surface area contributed by atoms with Crippen molar-refractivity contribution >= 4 is 40.9 Å². The maximum absolute atomic E-state index is 13.5. The fourth-order valence-electron chi connectivity index (χ4n) is 4.23. The molecule has 1 amide bonds. The Bertz CT molecular complexity index is 1610. The second kappa shape index (κ2) is 12.7. The molecule has 1 heterocycles. The normalized spacial score (nSPS) is 11.8. The van der Waals surface area contributed by atoms with Gasteiger partial charge in [0.15, 0.2) is 11.0 Å². The molecule has 0 aliphatic carbocycles. The Morgan fingerprint density at radius 3 is 2.35 bits per heavy atom. The van der Waals surface area contributed by atoms with E-state index in [4.69, 9.17) is 23.2 Å². The highest BCUT2D eigenvalue weighted by Gasteiger charge is 2.26. The number of aryl methyl sites for hydroxylation is 1. The van der Waals surface area contributed by atoms with Crippen molar-refractivity contribution in [3.05, 3.63) is 141 Å². The van der Waals surface area contributed by atoms with Gasteiger partial charge in [-0.15, -0.1) is 10.2 Å². The number of nitrogens with one attached hydrogen (secondary N) is 1. The summed E-state index contributed by atoms with van der Waals surface area (Å²) in [6, 6.07) is 28.6. The Balaban J connectivity index is 1.54. The SMILES string of the molecule is Cc1ccc(-n2c(SCc3ccc(F)cc3)nnc2C(Cc2ccccc2)NC(=O)c2ccc(Cl)cc2Cl)cc1. The van der Waals surface area contributed by atoms with E-state index in [0.717, 1.165) is 22.4 Å². The highest BCUT2D eigenvalue weighted by molar-refractivity contribution is 7.98. The summed E-state index contributed by atoms with van der Waals surface area (Å²) in [6.07, 6.45) is 0.477. The summed E-state index contributed by atoms with van der Waals surface area (Å²) in [5.74, 6) is 0.522. The summed E-state index contributed by atoms with van der Waals surface area (Å²) < 4.78 is 15.4. The molecule has 0 fully saturated rings. The molecule has 1 N–H and O–H groups in total. The number of rotatable bonds is 9. The molecule has 5 nitrogen and oxygen atoms in total. The van der Waals surface area contributed by atoms with E-state index >= 15 is 0 Å². The van der Waals surface area contributed by atoms with Crippen LogP contribution in [0.4, 0.5) is 4.39 Å². The van der Waals surface area contributed by atoms with E-state index in [1.807, 2.05) is 66.1 Å². The molecule has 1 atom stereocenters. The van der Waals surface area contributed by atoms with Gasteiger partial charge >= 0.3 is 0 Å². The van der Waals surface area contributed by atoms with Crippen LogP contribution in [0.15, 0.2) is 102 Å². The zero-order chi connectivity index (χ0) is 28.1. The van der Waals surface area contributed by atoms with Crippen LogP contribution in [0.25, 0.3) is 5.69 Å². The van der Waals surface area contributed by atoms with E-state index in [9.17, 15) is 9.18 Å². The Morgan fingerprint density at radius 2 is 1.65 bits per heavy atom. The summed E-state index contributed by atoms with van der Waals surface area (Å²) in [5.41, 5.74) is 4.28. The molecule has 0 spiro atoms. The van der Waals surface area contributed by atoms with E-state index in [1.165, 1.54) is 23.9 Å². The first-order valence-corrected chi connectivity index (χ1v) is 14.3. The summed E-state index contributed by atoms with van der Waals surface area (Å²) >= 11 is 13.9. The maximum Gasteiger partial charge on any atom is 0.253 e. The minimum Gasteiger partial charge on any atom is -0.342 e. The van der Waals surface area contributed by atoms with Gasteiger partial charge in [0.05, 0.1) is 16.6 Å². The van der Waals surface area contributed by atoms with Gasteiger partial charge in [0.2, 0.25) is 0 Å². The summed E-state index contributed by atoms with van der Waals surface area (Å²) in [7, 11) is 0. The molecule has 0 saturated heterocycles. The maximum atomic E-state index is 13.5. The molecule has 1 aromatic heterocycles. The molecule has 0 aliphatic rings. The summed E-state index contributed by atoms with van der Waals surface area (Å²) in [5, 5.41) is 13.6. The molecule has 0 radical (unpaired) electrons. The molecular weight excluding hydrogens is 566 g/mol. The van der Waals surface area contributed by atoms with Crippen LogP contribution in [0.2, 0.25) is 10.0 Å². The first-order chi connectivity index (χ1) is 19.4. The van der Waals surface area contributed by atoms with Crippen LogP contribution in [0, 0.1) is 12.7 Å². The lowest BCUT2D eigenvalue weighted by Crippen LogP contribution is -2.32. The third kappa shape index (κ3) is 6.73. The van der Waals surface area contributed by atoms with Gasteiger partial charge in [-0.05, 0) is 66.9 Å². The minimum atomic E-state index is -0.532. The Hall–Kier alpha value is -3.65. The largest absolute Gasteiger partial charge is 0.342 e. The predicted octanol–water partition coefficient (Wildman–Crippen LogP) is 8.03. The number of halogens is 3. The van der Waals surface area contributed by atoms with Crippen LogP contribution in [0.1, 0.15) is 38.9 Å². The number of amides is 1. The van der Waals surface area contributed by atoms with Crippen LogP contribution in [-0.4, -0.2) is 20.7 Å². The lowest BCUT2D eigenvalue weighted by molar-refractivity contribution is 0.0934. The molecule has 9 heteroatoms. The van der Waals surface area contributed by atoms with Crippen molar-refractivity contribution in [2.75, 3.05) is 0 Å². The molecule has 0 saturated carbocycles. The van der Waals surface area contributed by atoms with Gasteiger partial charge in [0.1, 0.15) is 5.82 Å². The highest BCUT2D eigenvalue weighted by atomic mass is 35.5. The molecule has 202 valence electrons. The number of aromatic nitrogens is 3. The number of hydrogen-bond acceptors (Lipinski definition) is 4. The van der Waals surface area contributed by atoms with Crippen LogP contribution < -0.4 is 5.32 Å². The molecule has 5 aromatic rings. The topological polar surface area (TPSA) is 59.8 Å². The molecule has 1 unspecified atom stereocenters.